The largest absolute Gasteiger partial charge is 0.508 e. The third-order valence-corrected chi connectivity index (χ3v) is 2.58. The van der Waals surface area contributed by atoms with Crippen LogP contribution in [-0.2, 0) is 6.42 Å². The Morgan fingerprint density at radius 3 is 2.00 bits per heavy atom. The van der Waals surface area contributed by atoms with E-state index in [1.807, 2.05) is 12.1 Å². The summed E-state index contributed by atoms with van der Waals surface area (Å²) in [5.74, 6) is -0.589. The van der Waals surface area contributed by atoms with Gasteiger partial charge in [0.15, 0.2) is 0 Å². The highest BCUT2D eigenvalue weighted by Crippen LogP contribution is 2.10. The Morgan fingerprint density at radius 1 is 0.950 bits per heavy atom. The predicted molar refractivity (Wildman–Crippen MR) is 76.9 cm³/mol. The highest BCUT2D eigenvalue weighted by Gasteiger charge is 1.96. The van der Waals surface area contributed by atoms with Crippen molar-refractivity contribution in [1.82, 2.24) is 0 Å². The fourth-order valence-electron chi connectivity index (χ4n) is 1.53. The first kappa shape index (κ1) is 15.7. The van der Waals surface area contributed by atoms with Gasteiger partial charge in [-0.1, -0.05) is 30.3 Å². The van der Waals surface area contributed by atoms with Crippen molar-refractivity contribution in [3.05, 3.63) is 65.7 Å². The molecule has 20 heavy (non-hydrogen) atoms. The van der Waals surface area contributed by atoms with E-state index in [-0.39, 0.29) is 12.4 Å². The minimum absolute atomic E-state index is 0.223. The monoisotopic (exact) mass is 274 g/mol. The molecule has 106 valence electrons. The van der Waals surface area contributed by atoms with Crippen LogP contribution in [0.3, 0.4) is 0 Å². The van der Waals surface area contributed by atoms with Crippen LogP contribution in [0.15, 0.2) is 54.6 Å². The van der Waals surface area contributed by atoms with Crippen molar-refractivity contribution in [3.8, 4) is 5.75 Å². The number of hydrogen-bond donors (Lipinski definition) is 3. The van der Waals surface area contributed by atoms with E-state index in [9.17, 15) is 4.79 Å². The predicted octanol–water partition coefficient (Wildman–Crippen LogP) is 2.70. The minimum Gasteiger partial charge on any atom is -0.508 e. The van der Waals surface area contributed by atoms with Gasteiger partial charge in [0.25, 0.3) is 0 Å². The van der Waals surface area contributed by atoms with E-state index < -0.39 is 5.97 Å². The zero-order valence-electron chi connectivity index (χ0n) is 11.1. The maximum Gasteiger partial charge on any atom is 0.335 e. The Bertz CT molecular complexity index is 506. The quantitative estimate of drug-likeness (QED) is 0.801. The lowest BCUT2D eigenvalue weighted by Crippen LogP contribution is -1.93. The first-order valence-corrected chi connectivity index (χ1v) is 6.30. The zero-order valence-corrected chi connectivity index (χ0v) is 11.1. The summed E-state index contributed by atoms with van der Waals surface area (Å²) < 4.78 is 0. The van der Waals surface area contributed by atoms with Crippen LogP contribution in [0.5, 0.6) is 5.75 Å². The molecule has 0 saturated carbocycles. The van der Waals surface area contributed by atoms with Crippen LogP contribution in [0.1, 0.15) is 22.3 Å². The number of aryl methyl sites for hydroxylation is 1. The van der Waals surface area contributed by atoms with Crippen LogP contribution < -0.4 is 0 Å². The van der Waals surface area contributed by atoms with Gasteiger partial charge in [-0.05, 0) is 42.7 Å². The second-order valence-corrected chi connectivity index (χ2v) is 4.16. The third-order valence-electron chi connectivity index (χ3n) is 2.58. The second-order valence-electron chi connectivity index (χ2n) is 4.16. The number of aromatic carboxylic acids is 1. The molecule has 4 heteroatoms. The van der Waals surface area contributed by atoms with Gasteiger partial charge in [0.2, 0.25) is 0 Å². The van der Waals surface area contributed by atoms with E-state index in [4.69, 9.17) is 15.3 Å². The fraction of sp³-hybridized carbons (Fsp3) is 0.188. The molecule has 0 fully saturated rings. The van der Waals surface area contributed by atoms with Crippen LogP contribution in [-0.4, -0.2) is 27.9 Å². The lowest BCUT2D eigenvalue weighted by molar-refractivity contribution is 0.0697. The van der Waals surface area contributed by atoms with Crippen molar-refractivity contribution in [2.45, 2.75) is 12.8 Å². The van der Waals surface area contributed by atoms with Gasteiger partial charge in [-0.25, -0.2) is 4.79 Å². The Labute approximate surface area is 117 Å². The molecule has 2 aromatic rings. The molecule has 0 bridgehead atoms. The number of phenolic OH excluding ortho intramolecular Hbond substituents is 1. The Morgan fingerprint density at radius 2 is 1.55 bits per heavy atom. The number of carboxylic acid groups (broad SMARTS) is 1. The number of carbonyl (C=O) groups is 1. The van der Waals surface area contributed by atoms with Gasteiger partial charge in [0, 0.05) is 6.61 Å². The summed E-state index contributed by atoms with van der Waals surface area (Å²) in [5, 5.41) is 25.9. The van der Waals surface area contributed by atoms with E-state index >= 15 is 0 Å². The standard InChI is InChI=1S/C9H12O2.C7H6O2/c10-7-1-2-8-3-5-9(11)6-4-8;8-7(9)6-4-2-1-3-5-6/h3-6,10-11H,1-2,7H2;1-5H,(H,8,9). The van der Waals surface area contributed by atoms with E-state index in [0.29, 0.717) is 5.56 Å². The summed E-state index contributed by atoms with van der Waals surface area (Å²) in [6.45, 7) is 0.223. The van der Waals surface area contributed by atoms with Crippen molar-refractivity contribution in [3.63, 3.8) is 0 Å². The maximum atomic E-state index is 10.2. The molecule has 2 rings (SSSR count). The molecule has 0 spiro atoms. The number of aliphatic hydroxyl groups is 1. The van der Waals surface area contributed by atoms with E-state index in [0.717, 1.165) is 18.4 Å². The Hall–Kier alpha value is -2.33. The molecule has 0 aliphatic rings. The van der Waals surface area contributed by atoms with E-state index in [1.165, 1.54) is 0 Å². The summed E-state index contributed by atoms with van der Waals surface area (Å²) >= 11 is 0. The van der Waals surface area contributed by atoms with Crippen molar-refractivity contribution in [1.29, 1.82) is 0 Å². The average Bonchev–Trinajstić information content (AvgIpc) is 2.48. The summed E-state index contributed by atoms with van der Waals surface area (Å²) in [6.07, 6.45) is 1.65. The SMILES string of the molecule is O=C(O)c1ccccc1.OCCCc1ccc(O)cc1. The molecule has 0 amide bonds. The normalized spacial score (nSPS) is 9.45. The maximum absolute atomic E-state index is 10.2. The molecule has 4 nitrogen and oxygen atoms in total. The van der Waals surface area contributed by atoms with Crippen LogP contribution in [0.25, 0.3) is 0 Å². The fourth-order valence-corrected chi connectivity index (χ4v) is 1.53. The third kappa shape index (κ3) is 6.02. The van der Waals surface area contributed by atoms with Gasteiger partial charge in [0.1, 0.15) is 5.75 Å². The molecule has 0 atom stereocenters. The molecule has 2 aromatic carbocycles. The first-order valence-electron chi connectivity index (χ1n) is 6.30. The average molecular weight is 274 g/mol. The van der Waals surface area contributed by atoms with Gasteiger partial charge in [0.05, 0.1) is 5.56 Å². The summed E-state index contributed by atoms with van der Waals surface area (Å²) in [7, 11) is 0. The lowest BCUT2D eigenvalue weighted by Gasteiger charge is -1.98. The number of carboxylic acids is 1. The van der Waals surface area contributed by atoms with Crippen LogP contribution in [0.4, 0.5) is 0 Å². The topological polar surface area (TPSA) is 77.8 Å². The summed E-state index contributed by atoms with van der Waals surface area (Å²) in [6, 6.07) is 15.3. The van der Waals surface area contributed by atoms with Gasteiger partial charge >= 0.3 is 5.97 Å². The number of hydrogen-bond acceptors (Lipinski definition) is 3. The van der Waals surface area contributed by atoms with E-state index in [2.05, 4.69) is 0 Å². The first-order chi connectivity index (χ1) is 9.63. The highest BCUT2D eigenvalue weighted by atomic mass is 16.4. The summed E-state index contributed by atoms with van der Waals surface area (Å²) in [5.41, 5.74) is 1.48. The molecule has 0 radical (unpaired) electrons. The van der Waals surface area contributed by atoms with Crippen molar-refractivity contribution in [2.75, 3.05) is 6.61 Å². The molecule has 0 heterocycles. The number of rotatable bonds is 4. The molecule has 0 unspecified atom stereocenters. The van der Waals surface area contributed by atoms with Crippen molar-refractivity contribution >= 4 is 5.97 Å². The molecule has 0 saturated heterocycles. The molecule has 0 aliphatic heterocycles. The number of phenols is 1. The van der Waals surface area contributed by atoms with Gasteiger partial charge in [-0.3, -0.25) is 0 Å². The number of aliphatic hydroxyl groups excluding tert-OH is 1. The van der Waals surface area contributed by atoms with Crippen LogP contribution in [0, 0.1) is 0 Å². The van der Waals surface area contributed by atoms with Crippen LogP contribution in [0.2, 0.25) is 0 Å². The highest BCUT2D eigenvalue weighted by molar-refractivity contribution is 5.87. The van der Waals surface area contributed by atoms with Crippen molar-refractivity contribution in [2.24, 2.45) is 0 Å². The Balaban J connectivity index is 0.000000204. The Kier molecular flexibility index (Phi) is 6.85. The van der Waals surface area contributed by atoms with Gasteiger partial charge < -0.3 is 15.3 Å². The molecule has 0 aromatic heterocycles. The molecule has 3 N–H and O–H groups in total. The van der Waals surface area contributed by atoms with Crippen LogP contribution >= 0.6 is 0 Å². The zero-order chi connectivity index (χ0) is 14.8. The minimum atomic E-state index is -0.879. The molecular formula is C16H18O4. The smallest absolute Gasteiger partial charge is 0.335 e. The second kappa shape index (κ2) is 8.72. The van der Waals surface area contributed by atoms with E-state index in [1.54, 1.807) is 42.5 Å². The number of benzene rings is 2. The molecule has 0 aliphatic carbocycles. The van der Waals surface area contributed by atoms with Gasteiger partial charge in [-0.15, -0.1) is 0 Å². The van der Waals surface area contributed by atoms with Gasteiger partial charge in [-0.2, -0.15) is 0 Å². The molecular weight excluding hydrogens is 256 g/mol. The summed E-state index contributed by atoms with van der Waals surface area (Å²) in [4.78, 5) is 10.2. The van der Waals surface area contributed by atoms with Crippen molar-refractivity contribution < 1.29 is 20.1 Å². The number of aromatic hydroxyl groups is 1. The lowest BCUT2D eigenvalue weighted by atomic mass is 10.1.